The summed E-state index contributed by atoms with van der Waals surface area (Å²) < 4.78 is 12.5. The number of hydrogen-bond acceptors (Lipinski definition) is 3. The summed E-state index contributed by atoms with van der Waals surface area (Å²) in [5.74, 6) is 0. The molecule has 0 saturated carbocycles. The molecule has 8 aromatic carbocycles. The largest absolute Gasteiger partial charge is 0.456 e. The van der Waals surface area contributed by atoms with Crippen LogP contribution in [0.3, 0.4) is 0 Å². The Morgan fingerprint density at radius 3 is 1.73 bits per heavy atom. The molecule has 3 nitrogen and oxygen atoms in total. The highest BCUT2D eigenvalue weighted by atomic mass is 16.3. The second-order valence-electron chi connectivity index (χ2n) is 12.6. The maximum atomic E-state index is 6.35. The summed E-state index contributed by atoms with van der Waals surface area (Å²) in [4.78, 5) is 2.33. The number of anilines is 3. The Labute approximate surface area is 282 Å². The summed E-state index contributed by atoms with van der Waals surface area (Å²) in [6.07, 6.45) is 0. The van der Waals surface area contributed by atoms with E-state index < -0.39 is 0 Å². The molecule has 0 aliphatic rings. The molecule has 10 rings (SSSR count). The Balaban J connectivity index is 1.10. The maximum absolute atomic E-state index is 6.35. The summed E-state index contributed by atoms with van der Waals surface area (Å²) in [6, 6.07) is 62.2. The number of fused-ring (bicyclic) bond motifs is 7. The minimum Gasteiger partial charge on any atom is -0.456 e. The van der Waals surface area contributed by atoms with Crippen LogP contribution in [-0.4, -0.2) is 0 Å². The summed E-state index contributed by atoms with van der Waals surface area (Å²) in [6.45, 7) is 0. The highest BCUT2D eigenvalue weighted by Crippen LogP contribution is 2.43. The Bertz CT molecular complexity index is 2830. The lowest BCUT2D eigenvalue weighted by atomic mass is 9.99. The molecule has 230 valence electrons. The molecule has 0 aliphatic heterocycles. The summed E-state index contributed by atoms with van der Waals surface area (Å²) in [5.41, 5.74) is 11.4. The molecule has 49 heavy (non-hydrogen) atoms. The van der Waals surface area contributed by atoms with Crippen molar-refractivity contribution in [1.82, 2.24) is 0 Å². The Morgan fingerprint density at radius 1 is 0.327 bits per heavy atom. The molecule has 0 spiro atoms. The topological polar surface area (TPSA) is 29.5 Å². The molecule has 10 aromatic rings. The van der Waals surface area contributed by atoms with Crippen molar-refractivity contribution in [2.24, 2.45) is 0 Å². The van der Waals surface area contributed by atoms with Crippen LogP contribution in [0.25, 0.3) is 76.9 Å². The van der Waals surface area contributed by atoms with Gasteiger partial charge >= 0.3 is 0 Å². The lowest BCUT2D eigenvalue weighted by Crippen LogP contribution is -2.11. The average molecular weight is 628 g/mol. The Morgan fingerprint density at radius 2 is 0.939 bits per heavy atom. The van der Waals surface area contributed by atoms with Crippen LogP contribution in [0.4, 0.5) is 17.1 Å². The first kappa shape index (κ1) is 27.5. The molecule has 0 saturated heterocycles. The van der Waals surface area contributed by atoms with Crippen molar-refractivity contribution < 1.29 is 8.83 Å². The monoisotopic (exact) mass is 627 g/mol. The molecule has 0 bridgehead atoms. The van der Waals surface area contributed by atoms with Gasteiger partial charge in [0, 0.05) is 44.5 Å². The molecular formula is C46H29NO2. The van der Waals surface area contributed by atoms with Gasteiger partial charge in [-0.05, 0) is 88.1 Å². The van der Waals surface area contributed by atoms with E-state index in [4.69, 9.17) is 8.83 Å². The van der Waals surface area contributed by atoms with Gasteiger partial charge < -0.3 is 13.7 Å². The molecule has 2 heterocycles. The van der Waals surface area contributed by atoms with Gasteiger partial charge in [0.1, 0.15) is 22.3 Å². The van der Waals surface area contributed by atoms with Crippen LogP contribution in [0.5, 0.6) is 0 Å². The van der Waals surface area contributed by atoms with Crippen molar-refractivity contribution in [2.75, 3.05) is 4.90 Å². The molecule has 0 N–H and O–H groups in total. The smallest absolute Gasteiger partial charge is 0.137 e. The third kappa shape index (κ3) is 4.59. The number of furan rings is 2. The van der Waals surface area contributed by atoms with Crippen molar-refractivity contribution in [3.63, 3.8) is 0 Å². The highest BCUT2D eigenvalue weighted by Gasteiger charge is 2.19. The van der Waals surface area contributed by atoms with Gasteiger partial charge in [0.15, 0.2) is 0 Å². The second kappa shape index (κ2) is 11.0. The maximum Gasteiger partial charge on any atom is 0.137 e. The summed E-state index contributed by atoms with van der Waals surface area (Å²) in [7, 11) is 0. The molecule has 0 unspecified atom stereocenters. The minimum atomic E-state index is 0.869. The summed E-state index contributed by atoms with van der Waals surface area (Å²) in [5, 5.41) is 6.88. The van der Waals surface area contributed by atoms with Crippen molar-refractivity contribution in [2.45, 2.75) is 0 Å². The van der Waals surface area contributed by atoms with Gasteiger partial charge in [-0.15, -0.1) is 0 Å². The Hall–Kier alpha value is -6.58. The second-order valence-corrected chi connectivity index (χ2v) is 12.6. The van der Waals surface area contributed by atoms with E-state index in [1.807, 2.05) is 24.3 Å². The van der Waals surface area contributed by atoms with Crippen LogP contribution in [0.2, 0.25) is 0 Å². The number of benzene rings is 8. The minimum absolute atomic E-state index is 0.869. The van der Waals surface area contributed by atoms with Crippen LogP contribution in [-0.2, 0) is 0 Å². The van der Waals surface area contributed by atoms with E-state index in [0.717, 1.165) is 77.5 Å². The van der Waals surface area contributed by atoms with Gasteiger partial charge in [-0.2, -0.15) is 0 Å². The zero-order valence-electron chi connectivity index (χ0n) is 26.5. The van der Waals surface area contributed by atoms with Crippen LogP contribution in [0, 0.1) is 0 Å². The van der Waals surface area contributed by atoms with Crippen LogP contribution in [0.15, 0.2) is 185 Å². The van der Waals surface area contributed by atoms with Crippen LogP contribution < -0.4 is 4.90 Å². The van der Waals surface area contributed by atoms with Crippen molar-refractivity contribution in [3.8, 4) is 22.3 Å². The van der Waals surface area contributed by atoms with E-state index >= 15 is 0 Å². The fourth-order valence-corrected chi connectivity index (χ4v) is 7.26. The standard InChI is InChI=1S/C46H29NO2/c1-2-10-31(11-3-1)37-12-4-7-15-42(37)47(36-24-25-40-38-13-5-8-16-43(38)49-46(40)29-36)35-22-20-30(21-23-35)32-18-19-33-28-45-41(27-34(33)26-32)39-14-6-9-17-44(39)48-45/h1-29H. The van der Waals surface area contributed by atoms with Gasteiger partial charge in [0.25, 0.3) is 0 Å². The van der Waals surface area contributed by atoms with Crippen molar-refractivity contribution >= 4 is 71.7 Å². The molecule has 0 aliphatic carbocycles. The quantitative estimate of drug-likeness (QED) is 0.190. The van der Waals surface area contributed by atoms with E-state index in [0.29, 0.717) is 0 Å². The first-order chi connectivity index (χ1) is 24.3. The van der Waals surface area contributed by atoms with Crippen LogP contribution in [0.1, 0.15) is 0 Å². The third-order valence-electron chi connectivity index (χ3n) is 9.64. The molecular weight excluding hydrogens is 599 g/mol. The molecule has 3 heteroatoms. The van der Waals surface area contributed by atoms with Crippen molar-refractivity contribution in [3.05, 3.63) is 176 Å². The Kier molecular flexibility index (Phi) is 6.18. The normalized spacial score (nSPS) is 11.7. The van der Waals surface area contributed by atoms with Crippen LogP contribution >= 0.6 is 0 Å². The molecule has 2 aromatic heterocycles. The lowest BCUT2D eigenvalue weighted by Gasteiger charge is -2.28. The van der Waals surface area contributed by atoms with Gasteiger partial charge in [-0.25, -0.2) is 0 Å². The SMILES string of the molecule is c1ccc(-c2ccccc2N(c2ccc(-c3ccc4cc5oc6ccccc6c5cc4c3)cc2)c2ccc3c(c2)oc2ccccc23)cc1. The van der Waals surface area contributed by atoms with Gasteiger partial charge in [-0.1, -0.05) is 109 Å². The van der Waals surface area contributed by atoms with E-state index in [1.54, 1.807) is 0 Å². The fourth-order valence-electron chi connectivity index (χ4n) is 7.26. The average Bonchev–Trinajstić information content (AvgIpc) is 3.72. The first-order valence-corrected chi connectivity index (χ1v) is 16.6. The van der Waals surface area contributed by atoms with Crippen molar-refractivity contribution in [1.29, 1.82) is 0 Å². The van der Waals surface area contributed by atoms with Gasteiger partial charge in [0.2, 0.25) is 0 Å². The third-order valence-corrected chi connectivity index (χ3v) is 9.64. The molecule has 0 amide bonds. The fraction of sp³-hybridized carbons (Fsp3) is 0. The highest BCUT2D eigenvalue weighted by molar-refractivity contribution is 6.10. The first-order valence-electron chi connectivity index (χ1n) is 16.6. The number of hydrogen-bond donors (Lipinski definition) is 0. The van der Waals surface area contributed by atoms with E-state index in [-0.39, 0.29) is 0 Å². The van der Waals surface area contributed by atoms with Gasteiger partial charge in [0.05, 0.1) is 5.69 Å². The predicted molar refractivity (Wildman–Crippen MR) is 204 cm³/mol. The summed E-state index contributed by atoms with van der Waals surface area (Å²) >= 11 is 0. The number of para-hydroxylation sites is 3. The zero-order chi connectivity index (χ0) is 32.3. The lowest BCUT2D eigenvalue weighted by molar-refractivity contribution is 0.669. The van der Waals surface area contributed by atoms with E-state index in [2.05, 4.69) is 157 Å². The van der Waals surface area contributed by atoms with E-state index in [1.165, 1.54) is 16.5 Å². The molecule has 0 atom stereocenters. The molecule has 0 fully saturated rings. The van der Waals surface area contributed by atoms with Gasteiger partial charge in [-0.3, -0.25) is 0 Å². The number of nitrogens with zero attached hydrogens (tertiary/aromatic N) is 1. The predicted octanol–water partition coefficient (Wildman–Crippen LogP) is 13.4. The van der Waals surface area contributed by atoms with E-state index in [9.17, 15) is 0 Å². The molecule has 0 radical (unpaired) electrons. The number of rotatable bonds is 5. The zero-order valence-corrected chi connectivity index (χ0v) is 26.5.